The highest BCUT2D eigenvalue weighted by Gasteiger charge is 2.23. The Labute approximate surface area is 126 Å². The zero-order valence-corrected chi connectivity index (χ0v) is 13.2. The molecule has 0 aliphatic heterocycles. The Morgan fingerprint density at radius 3 is 2.62 bits per heavy atom. The summed E-state index contributed by atoms with van der Waals surface area (Å²) in [4.78, 5) is 25.2. The van der Waals surface area contributed by atoms with Gasteiger partial charge in [-0.1, -0.05) is 0 Å². The Morgan fingerprint density at radius 1 is 1.33 bits per heavy atom. The maximum atomic E-state index is 12.2. The van der Waals surface area contributed by atoms with Crippen LogP contribution in [0.2, 0.25) is 0 Å². The van der Waals surface area contributed by atoms with Crippen molar-refractivity contribution in [1.82, 2.24) is 0 Å². The third-order valence-corrected chi connectivity index (χ3v) is 4.28. The number of anilines is 1. The highest BCUT2D eigenvalue weighted by molar-refractivity contribution is 7.16. The van der Waals surface area contributed by atoms with E-state index in [1.165, 1.54) is 17.6 Å². The summed E-state index contributed by atoms with van der Waals surface area (Å²) in [6.45, 7) is 7.56. The quantitative estimate of drug-likeness (QED) is 0.875. The first-order chi connectivity index (χ1) is 9.95. The molecule has 0 radical (unpaired) electrons. The summed E-state index contributed by atoms with van der Waals surface area (Å²) in [6, 6.07) is 1.71. The van der Waals surface area contributed by atoms with Crippen LogP contribution in [-0.2, 0) is 4.74 Å². The zero-order valence-electron chi connectivity index (χ0n) is 12.4. The second-order valence-corrected chi connectivity index (χ2v) is 5.82. The maximum Gasteiger partial charge on any atom is 0.341 e. The fraction of sp³-hybridized carbons (Fsp3) is 0.333. The molecule has 0 bridgehead atoms. The van der Waals surface area contributed by atoms with Crippen molar-refractivity contribution >= 4 is 28.2 Å². The Kier molecular flexibility index (Phi) is 4.47. The fourth-order valence-corrected chi connectivity index (χ4v) is 2.97. The van der Waals surface area contributed by atoms with Gasteiger partial charge in [0.15, 0.2) is 5.76 Å². The van der Waals surface area contributed by atoms with Crippen molar-refractivity contribution in [1.29, 1.82) is 0 Å². The summed E-state index contributed by atoms with van der Waals surface area (Å²) < 4.78 is 10.2. The predicted octanol–water partition coefficient (Wildman–Crippen LogP) is 3.70. The molecule has 0 aromatic carbocycles. The first kappa shape index (κ1) is 15.3. The zero-order chi connectivity index (χ0) is 15.6. The van der Waals surface area contributed by atoms with E-state index in [0.29, 0.717) is 10.6 Å². The molecule has 0 aliphatic carbocycles. The number of aryl methyl sites for hydroxylation is 2. The highest BCUT2D eigenvalue weighted by atomic mass is 32.1. The van der Waals surface area contributed by atoms with Gasteiger partial charge in [0.05, 0.1) is 18.4 Å². The average Bonchev–Trinajstić information content (AvgIpc) is 2.95. The maximum absolute atomic E-state index is 12.2. The van der Waals surface area contributed by atoms with Crippen molar-refractivity contribution in [3.05, 3.63) is 39.7 Å². The van der Waals surface area contributed by atoms with Gasteiger partial charge in [0.25, 0.3) is 5.91 Å². The molecule has 2 rings (SSSR count). The van der Waals surface area contributed by atoms with Crippen LogP contribution in [0.25, 0.3) is 0 Å². The van der Waals surface area contributed by atoms with E-state index in [1.807, 2.05) is 13.8 Å². The van der Waals surface area contributed by atoms with E-state index in [4.69, 9.17) is 9.15 Å². The number of ether oxygens (including phenoxy) is 1. The predicted molar refractivity (Wildman–Crippen MR) is 81.1 cm³/mol. The molecule has 112 valence electrons. The Hall–Kier alpha value is -2.08. The first-order valence-corrected chi connectivity index (χ1v) is 7.39. The van der Waals surface area contributed by atoms with Gasteiger partial charge in [0, 0.05) is 10.4 Å². The summed E-state index contributed by atoms with van der Waals surface area (Å²) in [7, 11) is 0. The van der Waals surface area contributed by atoms with Crippen LogP contribution < -0.4 is 5.32 Å². The van der Waals surface area contributed by atoms with E-state index in [2.05, 4.69) is 5.32 Å². The first-order valence-electron chi connectivity index (χ1n) is 6.58. The third-order valence-electron chi connectivity index (χ3n) is 3.16. The third kappa shape index (κ3) is 3.00. The lowest BCUT2D eigenvalue weighted by molar-refractivity contribution is 0.0527. The Balaban J connectivity index is 2.32. The van der Waals surface area contributed by atoms with Crippen LogP contribution in [0.15, 0.2) is 16.7 Å². The van der Waals surface area contributed by atoms with Gasteiger partial charge < -0.3 is 14.5 Å². The molecule has 2 heterocycles. The fourth-order valence-electron chi connectivity index (χ4n) is 1.93. The largest absolute Gasteiger partial charge is 0.462 e. The number of carbonyl (C=O) groups is 2. The van der Waals surface area contributed by atoms with Gasteiger partial charge in [-0.3, -0.25) is 4.79 Å². The van der Waals surface area contributed by atoms with Gasteiger partial charge in [-0.15, -0.1) is 11.3 Å². The molecule has 0 fully saturated rings. The monoisotopic (exact) mass is 307 g/mol. The summed E-state index contributed by atoms with van der Waals surface area (Å²) in [5.74, 6) is -0.552. The number of hydrogen-bond donors (Lipinski definition) is 1. The molecule has 2 aromatic heterocycles. The van der Waals surface area contributed by atoms with Crippen LogP contribution in [0.1, 0.15) is 43.8 Å². The molecule has 0 atom stereocenters. The van der Waals surface area contributed by atoms with Gasteiger partial charge in [-0.05, 0) is 39.3 Å². The van der Waals surface area contributed by atoms with Crippen LogP contribution in [0.5, 0.6) is 0 Å². The minimum Gasteiger partial charge on any atom is -0.462 e. The molecule has 5 nitrogen and oxygen atoms in total. The minimum absolute atomic E-state index is 0.244. The van der Waals surface area contributed by atoms with Crippen LogP contribution >= 0.6 is 11.3 Å². The van der Waals surface area contributed by atoms with E-state index in [-0.39, 0.29) is 18.3 Å². The molecule has 1 amide bonds. The second-order valence-electron chi connectivity index (χ2n) is 4.59. The number of rotatable bonds is 4. The van der Waals surface area contributed by atoms with Crippen molar-refractivity contribution in [3.63, 3.8) is 0 Å². The number of furan rings is 1. The Bertz CT molecular complexity index is 684. The highest BCUT2D eigenvalue weighted by Crippen LogP contribution is 2.33. The topological polar surface area (TPSA) is 68.5 Å². The SMILES string of the molecule is CCOC(=O)c1c(NC(=O)c2occc2C)sc(C)c1C. The molecule has 21 heavy (non-hydrogen) atoms. The lowest BCUT2D eigenvalue weighted by atomic mass is 10.1. The molecular formula is C15H17NO4S. The normalized spacial score (nSPS) is 10.5. The van der Waals surface area contributed by atoms with Gasteiger partial charge in [0.1, 0.15) is 5.00 Å². The van der Waals surface area contributed by atoms with Crippen LogP contribution in [0, 0.1) is 20.8 Å². The van der Waals surface area contributed by atoms with Crippen molar-refractivity contribution < 1.29 is 18.7 Å². The number of hydrogen-bond acceptors (Lipinski definition) is 5. The molecule has 0 saturated heterocycles. The molecule has 0 saturated carbocycles. The number of thiophene rings is 1. The van der Waals surface area contributed by atoms with Crippen molar-refractivity contribution in [2.75, 3.05) is 11.9 Å². The molecule has 0 unspecified atom stereocenters. The van der Waals surface area contributed by atoms with Crippen molar-refractivity contribution in [2.24, 2.45) is 0 Å². The summed E-state index contributed by atoms with van der Waals surface area (Å²) in [6.07, 6.45) is 1.46. The van der Waals surface area contributed by atoms with Gasteiger partial charge >= 0.3 is 5.97 Å². The van der Waals surface area contributed by atoms with Gasteiger partial charge in [-0.2, -0.15) is 0 Å². The average molecular weight is 307 g/mol. The number of amides is 1. The van der Waals surface area contributed by atoms with Crippen LogP contribution in [0.3, 0.4) is 0 Å². The number of carbonyl (C=O) groups excluding carboxylic acids is 2. The number of nitrogens with one attached hydrogen (secondary N) is 1. The summed E-state index contributed by atoms with van der Waals surface area (Å²) in [5, 5.41) is 3.23. The molecule has 0 aliphatic rings. The lowest BCUT2D eigenvalue weighted by Crippen LogP contribution is -2.15. The van der Waals surface area contributed by atoms with E-state index in [0.717, 1.165) is 16.0 Å². The standard InChI is InChI=1S/C15H17NO4S/c1-5-19-15(18)11-9(3)10(4)21-14(11)16-13(17)12-8(2)6-7-20-12/h6-7H,5H2,1-4H3,(H,16,17). The van der Waals surface area contributed by atoms with Crippen molar-refractivity contribution in [2.45, 2.75) is 27.7 Å². The summed E-state index contributed by atoms with van der Waals surface area (Å²) >= 11 is 1.35. The minimum atomic E-state index is -0.425. The van der Waals surface area contributed by atoms with E-state index in [9.17, 15) is 9.59 Å². The van der Waals surface area contributed by atoms with E-state index < -0.39 is 5.97 Å². The van der Waals surface area contributed by atoms with Gasteiger partial charge in [0.2, 0.25) is 0 Å². The molecular weight excluding hydrogens is 290 g/mol. The molecule has 0 spiro atoms. The Morgan fingerprint density at radius 2 is 2.05 bits per heavy atom. The molecule has 6 heteroatoms. The smallest absolute Gasteiger partial charge is 0.341 e. The van der Waals surface area contributed by atoms with E-state index >= 15 is 0 Å². The second kappa shape index (κ2) is 6.13. The summed E-state index contributed by atoms with van der Waals surface area (Å²) in [5.41, 5.74) is 1.98. The molecule has 1 N–H and O–H groups in total. The number of esters is 1. The van der Waals surface area contributed by atoms with Crippen LogP contribution in [-0.4, -0.2) is 18.5 Å². The van der Waals surface area contributed by atoms with Crippen LogP contribution in [0.4, 0.5) is 5.00 Å². The molecule has 2 aromatic rings. The van der Waals surface area contributed by atoms with Gasteiger partial charge in [-0.25, -0.2) is 4.79 Å². The lowest BCUT2D eigenvalue weighted by Gasteiger charge is -2.06. The van der Waals surface area contributed by atoms with Crippen molar-refractivity contribution in [3.8, 4) is 0 Å². The van der Waals surface area contributed by atoms with E-state index in [1.54, 1.807) is 19.9 Å².